The number of piperidine rings is 1. The second-order valence-electron chi connectivity index (χ2n) is 7.80. The number of likely N-dealkylation sites (tertiary alicyclic amines) is 1. The molecule has 0 aliphatic carbocycles. The quantitative estimate of drug-likeness (QED) is 0.744. The number of hydrogen-bond acceptors (Lipinski definition) is 5. The number of ether oxygens (including phenoxy) is 1. The van der Waals surface area contributed by atoms with E-state index < -0.39 is 10.0 Å². The van der Waals surface area contributed by atoms with Gasteiger partial charge < -0.3 is 15.0 Å². The van der Waals surface area contributed by atoms with Crippen LogP contribution in [-0.2, 0) is 26.0 Å². The van der Waals surface area contributed by atoms with Gasteiger partial charge in [-0.25, -0.2) is 13.1 Å². The van der Waals surface area contributed by atoms with Gasteiger partial charge in [-0.05, 0) is 43.2 Å². The second kappa shape index (κ2) is 9.58. The van der Waals surface area contributed by atoms with Gasteiger partial charge in [-0.1, -0.05) is 24.6 Å². The molecule has 0 spiro atoms. The monoisotopic (exact) mass is 423 g/mol. The standard InChI is InChI=1S/C20H29N3O5S/c1-29(26,27)21-12-20(25)23-11-10-17-16(13-23)8-3-2-6-15-7-4-5-9-18(15)28-14-19(24)22-17/h4-5,7,9,16-17,21H,2-3,6,8,10-14H2,1H3,(H,22,24)/t16-,17-/m1/s1. The highest BCUT2D eigenvalue weighted by molar-refractivity contribution is 7.88. The summed E-state index contributed by atoms with van der Waals surface area (Å²) < 4.78 is 30.5. The van der Waals surface area contributed by atoms with E-state index in [2.05, 4.69) is 10.0 Å². The van der Waals surface area contributed by atoms with Gasteiger partial charge in [-0.2, -0.15) is 0 Å². The van der Waals surface area contributed by atoms with Crippen LogP contribution in [0, 0.1) is 5.92 Å². The van der Waals surface area contributed by atoms with Crippen molar-refractivity contribution >= 4 is 21.8 Å². The van der Waals surface area contributed by atoms with Crippen molar-refractivity contribution in [2.45, 2.75) is 38.1 Å². The summed E-state index contributed by atoms with van der Waals surface area (Å²) in [5.74, 6) is 0.514. The zero-order valence-corrected chi connectivity index (χ0v) is 17.5. The lowest BCUT2D eigenvalue weighted by Crippen LogP contribution is -2.54. The van der Waals surface area contributed by atoms with Crippen LogP contribution in [-0.4, -0.2) is 63.7 Å². The van der Waals surface area contributed by atoms with Crippen molar-refractivity contribution < 1.29 is 22.7 Å². The lowest BCUT2D eigenvalue weighted by molar-refractivity contribution is -0.132. The lowest BCUT2D eigenvalue weighted by Gasteiger charge is -2.39. The van der Waals surface area contributed by atoms with Crippen LogP contribution >= 0.6 is 0 Å². The van der Waals surface area contributed by atoms with E-state index >= 15 is 0 Å². The molecule has 2 aliphatic heterocycles. The first-order valence-corrected chi connectivity index (χ1v) is 11.9. The van der Waals surface area contributed by atoms with E-state index in [1.807, 2.05) is 24.3 Å². The number of nitrogens with zero attached hydrogens (tertiary/aromatic N) is 1. The van der Waals surface area contributed by atoms with Gasteiger partial charge >= 0.3 is 0 Å². The Morgan fingerprint density at radius 3 is 2.86 bits per heavy atom. The number of hydrogen-bond donors (Lipinski definition) is 2. The molecule has 0 aromatic heterocycles. The van der Waals surface area contributed by atoms with Gasteiger partial charge in [-0.15, -0.1) is 0 Å². The summed E-state index contributed by atoms with van der Waals surface area (Å²) >= 11 is 0. The molecular formula is C20H29N3O5S. The molecule has 0 radical (unpaired) electrons. The number of nitrogens with one attached hydrogen (secondary N) is 2. The number of para-hydroxylation sites is 1. The highest BCUT2D eigenvalue weighted by Gasteiger charge is 2.32. The molecule has 1 aromatic carbocycles. The Bertz CT molecular complexity index is 842. The van der Waals surface area contributed by atoms with Crippen LogP contribution in [0.1, 0.15) is 31.2 Å². The Morgan fingerprint density at radius 2 is 2.07 bits per heavy atom. The predicted octanol–water partition coefficient (Wildman–Crippen LogP) is 0.674. The van der Waals surface area contributed by atoms with Gasteiger partial charge in [0.2, 0.25) is 15.9 Å². The zero-order chi connectivity index (χ0) is 20.9. The molecule has 160 valence electrons. The zero-order valence-electron chi connectivity index (χ0n) is 16.7. The van der Waals surface area contributed by atoms with Gasteiger partial charge in [0.15, 0.2) is 6.61 Å². The van der Waals surface area contributed by atoms with E-state index in [1.54, 1.807) is 4.90 Å². The Morgan fingerprint density at radius 1 is 1.28 bits per heavy atom. The molecule has 1 aromatic rings. The minimum Gasteiger partial charge on any atom is -0.483 e. The molecule has 1 saturated heterocycles. The maximum atomic E-state index is 12.4. The van der Waals surface area contributed by atoms with Crippen LogP contribution in [0.4, 0.5) is 0 Å². The molecule has 2 aliphatic rings. The molecule has 3 rings (SSSR count). The fourth-order valence-electron chi connectivity index (χ4n) is 4.01. The number of carbonyl (C=O) groups is 2. The summed E-state index contributed by atoms with van der Waals surface area (Å²) in [6.45, 7) is 0.760. The summed E-state index contributed by atoms with van der Waals surface area (Å²) in [7, 11) is -3.41. The smallest absolute Gasteiger partial charge is 0.258 e. The third-order valence-electron chi connectivity index (χ3n) is 5.52. The molecule has 2 atom stereocenters. The minimum absolute atomic E-state index is 0.00677. The molecule has 8 nitrogen and oxygen atoms in total. The highest BCUT2D eigenvalue weighted by Crippen LogP contribution is 2.26. The van der Waals surface area contributed by atoms with Crippen LogP contribution in [0.3, 0.4) is 0 Å². The molecule has 0 unspecified atom stereocenters. The Balaban J connectivity index is 1.64. The predicted molar refractivity (Wildman–Crippen MR) is 109 cm³/mol. The van der Waals surface area contributed by atoms with Crippen LogP contribution in [0.5, 0.6) is 5.75 Å². The Labute approximate surface area is 172 Å². The molecule has 2 N–H and O–H groups in total. The van der Waals surface area contributed by atoms with Crippen LogP contribution in [0.2, 0.25) is 0 Å². The number of amides is 2. The highest BCUT2D eigenvalue weighted by atomic mass is 32.2. The van der Waals surface area contributed by atoms with Crippen molar-refractivity contribution in [1.29, 1.82) is 0 Å². The van der Waals surface area contributed by atoms with E-state index in [1.165, 1.54) is 0 Å². The average Bonchev–Trinajstić information content (AvgIpc) is 2.68. The van der Waals surface area contributed by atoms with Gasteiger partial charge in [0, 0.05) is 19.1 Å². The third-order valence-corrected chi connectivity index (χ3v) is 6.19. The minimum atomic E-state index is -3.41. The number of fused-ring (bicyclic) bond motifs is 2. The number of benzene rings is 1. The molecule has 0 bridgehead atoms. The van der Waals surface area contributed by atoms with Crippen LogP contribution < -0.4 is 14.8 Å². The van der Waals surface area contributed by atoms with Crippen molar-refractivity contribution in [3.8, 4) is 5.75 Å². The molecule has 0 saturated carbocycles. The Kier molecular flexibility index (Phi) is 7.13. The SMILES string of the molecule is CS(=O)(=O)NCC(=O)N1CC[C@H]2NC(=O)COc3ccccc3CCCC[C@@H]2C1. The van der Waals surface area contributed by atoms with Gasteiger partial charge in [0.25, 0.3) is 5.91 Å². The summed E-state index contributed by atoms with van der Waals surface area (Å²) in [6.07, 6.45) is 5.45. The van der Waals surface area contributed by atoms with Gasteiger partial charge in [0.1, 0.15) is 5.75 Å². The molecular weight excluding hydrogens is 394 g/mol. The Hall–Kier alpha value is -2.13. The van der Waals surface area contributed by atoms with Crippen molar-refractivity contribution in [2.24, 2.45) is 5.92 Å². The van der Waals surface area contributed by atoms with Crippen molar-refractivity contribution in [3.05, 3.63) is 29.8 Å². The van der Waals surface area contributed by atoms with E-state index in [9.17, 15) is 18.0 Å². The maximum absolute atomic E-state index is 12.4. The molecule has 9 heteroatoms. The summed E-state index contributed by atoms with van der Waals surface area (Å²) in [5.41, 5.74) is 1.10. The molecule has 1 fully saturated rings. The van der Waals surface area contributed by atoms with E-state index in [-0.39, 0.29) is 36.9 Å². The van der Waals surface area contributed by atoms with Crippen molar-refractivity contribution in [3.63, 3.8) is 0 Å². The number of aryl methyl sites for hydroxylation is 1. The average molecular weight is 424 g/mol. The van der Waals surface area contributed by atoms with Gasteiger partial charge in [-0.3, -0.25) is 9.59 Å². The number of rotatable bonds is 3. The van der Waals surface area contributed by atoms with Crippen LogP contribution in [0.25, 0.3) is 0 Å². The largest absolute Gasteiger partial charge is 0.483 e. The third kappa shape index (κ3) is 6.43. The molecule has 2 heterocycles. The summed E-state index contributed by atoms with van der Waals surface area (Å²) in [4.78, 5) is 26.5. The molecule has 29 heavy (non-hydrogen) atoms. The van der Waals surface area contributed by atoms with E-state index in [0.29, 0.717) is 19.5 Å². The van der Waals surface area contributed by atoms with Crippen molar-refractivity contribution in [2.75, 3.05) is 32.5 Å². The fraction of sp³-hybridized carbons (Fsp3) is 0.600. The first-order valence-electron chi connectivity index (χ1n) is 10.0. The van der Waals surface area contributed by atoms with Crippen LogP contribution in [0.15, 0.2) is 24.3 Å². The second-order valence-corrected chi connectivity index (χ2v) is 9.63. The molecule has 2 amide bonds. The first kappa shape index (κ1) is 21.6. The number of sulfonamides is 1. The lowest BCUT2D eigenvalue weighted by atomic mass is 9.87. The fourth-order valence-corrected chi connectivity index (χ4v) is 4.40. The van der Waals surface area contributed by atoms with Gasteiger partial charge in [0.05, 0.1) is 12.8 Å². The summed E-state index contributed by atoms with van der Waals surface area (Å²) in [5, 5.41) is 3.07. The normalized spacial score (nSPS) is 23.5. The maximum Gasteiger partial charge on any atom is 0.258 e. The first-order chi connectivity index (χ1) is 13.8. The topological polar surface area (TPSA) is 105 Å². The summed E-state index contributed by atoms with van der Waals surface area (Å²) in [6, 6.07) is 7.79. The number of carbonyl (C=O) groups excluding carboxylic acids is 2. The van der Waals surface area contributed by atoms with E-state index in [4.69, 9.17) is 4.74 Å². The van der Waals surface area contributed by atoms with Crippen molar-refractivity contribution in [1.82, 2.24) is 14.9 Å². The van der Waals surface area contributed by atoms with E-state index in [0.717, 1.165) is 43.3 Å².